The molecular formula is C18H17F3N6O. The molecule has 0 amide bonds. The van der Waals surface area contributed by atoms with Gasteiger partial charge in [-0.05, 0) is 37.9 Å². The van der Waals surface area contributed by atoms with Crippen molar-refractivity contribution in [3.8, 4) is 0 Å². The number of nitrogens with one attached hydrogen (secondary N) is 1. The van der Waals surface area contributed by atoms with E-state index in [1.807, 2.05) is 0 Å². The zero-order chi connectivity index (χ0) is 19.7. The van der Waals surface area contributed by atoms with E-state index < -0.39 is 11.9 Å². The molecule has 1 fully saturated rings. The molecule has 3 aromatic rings. The highest BCUT2D eigenvalue weighted by Crippen LogP contribution is 2.27. The SMILES string of the molecule is O=c1c(C2CCNCC2)cc2nccnc2n1Cc1cncc(C(F)(F)F)n1. The van der Waals surface area contributed by atoms with Crippen LogP contribution in [-0.2, 0) is 12.7 Å². The van der Waals surface area contributed by atoms with Crippen LogP contribution in [-0.4, -0.2) is 37.6 Å². The molecule has 1 N–H and O–H groups in total. The Morgan fingerprint density at radius 3 is 2.64 bits per heavy atom. The van der Waals surface area contributed by atoms with Gasteiger partial charge in [0.25, 0.3) is 5.56 Å². The van der Waals surface area contributed by atoms with E-state index in [2.05, 4.69) is 25.3 Å². The summed E-state index contributed by atoms with van der Waals surface area (Å²) in [6, 6.07) is 1.75. The smallest absolute Gasteiger partial charge is 0.317 e. The highest BCUT2D eigenvalue weighted by molar-refractivity contribution is 5.70. The van der Waals surface area contributed by atoms with E-state index in [1.54, 1.807) is 6.07 Å². The Kier molecular flexibility index (Phi) is 4.80. The summed E-state index contributed by atoms with van der Waals surface area (Å²) in [5, 5.41) is 3.25. The number of hydrogen-bond donors (Lipinski definition) is 1. The van der Waals surface area contributed by atoms with E-state index in [0.29, 0.717) is 22.9 Å². The number of piperidine rings is 1. The summed E-state index contributed by atoms with van der Waals surface area (Å²) in [4.78, 5) is 28.9. The van der Waals surface area contributed by atoms with Gasteiger partial charge in [-0.3, -0.25) is 19.3 Å². The average Bonchev–Trinajstić information content (AvgIpc) is 2.70. The van der Waals surface area contributed by atoms with Crippen LogP contribution < -0.4 is 10.9 Å². The number of fused-ring (bicyclic) bond motifs is 1. The molecule has 0 bridgehead atoms. The number of aromatic nitrogens is 5. The third kappa shape index (κ3) is 3.59. The molecule has 1 aliphatic heterocycles. The fraction of sp³-hybridized carbons (Fsp3) is 0.389. The molecule has 10 heteroatoms. The molecule has 0 radical (unpaired) electrons. The van der Waals surface area contributed by atoms with Crippen LogP contribution in [0.25, 0.3) is 11.2 Å². The highest BCUT2D eigenvalue weighted by atomic mass is 19.4. The second kappa shape index (κ2) is 7.27. The van der Waals surface area contributed by atoms with E-state index in [-0.39, 0.29) is 23.7 Å². The molecule has 0 spiro atoms. The predicted molar refractivity (Wildman–Crippen MR) is 94.8 cm³/mol. The van der Waals surface area contributed by atoms with Gasteiger partial charge in [-0.2, -0.15) is 13.2 Å². The Hall–Kier alpha value is -2.88. The van der Waals surface area contributed by atoms with Crippen molar-refractivity contribution in [3.05, 3.63) is 58.2 Å². The normalized spacial score (nSPS) is 15.8. The molecule has 0 aromatic carbocycles. The van der Waals surface area contributed by atoms with Gasteiger partial charge < -0.3 is 5.32 Å². The summed E-state index contributed by atoms with van der Waals surface area (Å²) in [6.45, 7) is 1.45. The zero-order valence-corrected chi connectivity index (χ0v) is 14.8. The van der Waals surface area contributed by atoms with Gasteiger partial charge in [0.05, 0.1) is 24.6 Å². The fourth-order valence-electron chi connectivity index (χ4n) is 3.47. The molecule has 4 rings (SSSR count). The maximum atomic E-state index is 13.2. The summed E-state index contributed by atoms with van der Waals surface area (Å²) in [6.07, 6.45) is 1.87. The molecule has 4 heterocycles. The predicted octanol–water partition coefficient (Wildman–Crippen LogP) is 2.12. The van der Waals surface area contributed by atoms with Crippen LogP contribution in [0.3, 0.4) is 0 Å². The van der Waals surface area contributed by atoms with Crippen molar-refractivity contribution in [1.29, 1.82) is 0 Å². The molecule has 0 atom stereocenters. The van der Waals surface area contributed by atoms with Crippen molar-refractivity contribution in [1.82, 2.24) is 29.8 Å². The van der Waals surface area contributed by atoms with Crippen LogP contribution in [0.5, 0.6) is 0 Å². The lowest BCUT2D eigenvalue weighted by Crippen LogP contribution is -2.32. The largest absolute Gasteiger partial charge is 0.434 e. The Labute approximate surface area is 157 Å². The maximum Gasteiger partial charge on any atom is 0.434 e. The number of alkyl halides is 3. The van der Waals surface area contributed by atoms with Crippen molar-refractivity contribution in [2.45, 2.75) is 31.5 Å². The maximum absolute atomic E-state index is 13.2. The van der Waals surface area contributed by atoms with E-state index >= 15 is 0 Å². The second-order valence-electron chi connectivity index (χ2n) is 6.67. The van der Waals surface area contributed by atoms with Crippen LogP contribution >= 0.6 is 0 Å². The van der Waals surface area contributed by atoms with Gasteiger partial charge in [0, 0.05) is 18.0 Å². The molecule has 1 aliphatic rings. The van der Waals surface area contributed by atoms with Crippen molar-refractivity contribution >= 4 is 11.2 Å². The van der Waals surface area contributed by atoms with E-state index in [0.717, 1.165) is 25.9 Å². The first-order valence-corrected chi connectivity index (χ1v) is 8.87. The first-order valence-electron chi connectivity index (χ1n) is 8.87. The van der Waals surface area contributed by atoms with Crippen LogP contribution in [0.1, 0.15) is 35.7 Å². The second-order valence-corrected chi connectivity index (χ2v) is 6.67. The van der Waals surface area contributed by atoms with Crippen molar-refractivity contribution < 1.29 is 13.2 Å². The third-order valence-corrected chi connectivity index (χ3v) is 4.82. The first-order chi connectivity index (χ1) is 13.4. The molecule has 7 nitrogen and oxygen atoms in total. The van der Waals surface area contributed by atoms with Crippen LogP contribution in [0.4, 0.5) is 13.2 Å². The highest BCUT2D eigenvalue weighted by Gasteiger charge is 2.33. The number of pyridine rings is 1. The molecular weight excluding hydrogens is 373 g/mol. The van der Waals surface area contributed by atoms with Gasteiger partial charge in [-0.1, -0.05) is 0 Å². The van der Waals surface area contributed by atoms with E-state index in [4.69, 9.17) is 0 Å². The monoisotopic (exact) mass is 390 g/mol. The molecule has 0 saturated carbocycles. The van der Waals surface area contributed by atoms with Crippen molar-refractivity contribution in [2.24, 2.45) is 0 Å². The topological polar surface area (TPSA) is 85.6 Å². The number of rotatable bonds is 3. The summed E-state index contributed by atoms with van der Waals surface area (Å²) in [7, 11) is 0. The number of nitrogens with zero attached hydrogens (tertiary/aromatic N) is 5. The van der Waals surface area contributed by atoms with E-state index in [9.17, 15) is 18.0 Å². The minimum atomic E-state index is -4.60. The number of hydrogen-bond acceptors (Lipinski definition) is 6. The lowest BCUT2D eigenvalue weighted by Gasteiger charge is -2.23. The first kappa shape index (κ1) is 18.5. The summed E-state index contributed by atoms with van der Waals surface area (Å²) in [5.41, 5.74) is 0.0998. The fourth-order valence-corrected chi connectivity index (χ4v) is 3.47. The molecule has 146 valence electrons. The van der Waals surface area contributed by atoms with Crippen LogP contribution in [0, 0.1) is 0 Å². The van der Waals surface area contributed by atoms with Gasteiger partial charge in [-0.15, -0.1) is 0 Å². The Balaban J connectivity index is 1.82. The minimum Gasteiger partial charge on any atom is -0.317 e. The molecule has 0 unspecified atom stereocenters. The van der Waals surface area contributed by atoms with E-state index in [1.165, 1.54) is 23.2 Å². The van der Waals surface area contributed by atoms with Crippen molar-refractivity contribution in [2.75, 3.05) is 13.1 Å². The number of halogens is 3. The quantitative estimate of drug-likeness (QED) is 0.737. The Morgan fingerprint density at radius 2 is 1.89 bits per heavy atom. The summed E-state index contributed by atoms with van der Waals surface area (Å²) in [5.74, 6) is 0.0685. The Bertz CT molecular complexity index is 1060. The summed E-state index contributed by atoms with van der Waals surface area (Å²) >= 11 is 0. The molecule has 3 aromatic heterocycles. The lowest BCUT2D eigenvalue weighted by atomic mass is 9.91. The van der Waals surface area contributed by atoms with Gasteiger partial charge in [0.15, 0.2) is 11.3 Å². The van der Waals surface area contributed by atoms with Gasteiger partial charge in [-0.25, -0.2) is 9.97 Å². The van der Waals surface area contributed by atoms with Gasteiger partial charge >= 0.3 is 6.18 Å². The molecule has 0 aliphatic carbocycles. The summed E-state index contributed by atoms with van der Waals surface area (Å²) < 4.78 is 40.2. The zero-order valence-electron chi connectivity index (χ0n) is 14.8. The third-order valence-electron chi connectivity index (χ3n) is 4.82. The Morgan fingerprint density at radius 1 is 1.14 bits per heavy atom. The van der Waals surface area contributed by atoms with Crippen LogP contribution in [0.15, 0.2) is 35.6 Å². The minimum absolute atomic E-state index is 0.0336. The van der Waals surface area contributed by atoms with Gasteiger partial charge in [0.2, 0.25) is 0 Å². The van der Waals surface area contributed by atoms with Crippen molar-refractivity contribution in [3.63, 3.8) is 0 Å². The van der Waals surface area contributed by atoms with Gasteiger partial charge in [0.1, 0.15) is 5.52 Å². The standard InChI is InChI=1S/C18H17F3N6O/c19-18(20,21)15-9-23-8-12(26-15)10-27-16-14(24-5-6-25-16)7-13(17(27)28)11-1-3-22-4-2-11/h5-9,11,22H,1-4,10H2. The lowest BCUT2D eigenvalue weighted by molar-refractivity contribution is -0.141. The average molecular weight is 390 g/mol. The molecule has 1 saturated heterocycles. The van der Waals surface area contributed by atoms with Crippen LogP contribution in [0.2, 0.25) is 0 Å². The molecule has 28 heavy (non-hydrogen) atoms.